The van der Waals surface area contributed by atoms with Gasteiger partial charge in [0.05, 0.1) is 12.7 Å². The first kappa shape index (κ1) is 15.0. The van der Waals surface area contributed by atoms with Crippen molar-refractivity contribution in [1.82, 2.24) is 15.6 Å². The van der Waals surface area contributed by atoms with Crippen molar-refractivity contribution in [3.05, 3.63) is 17.8 Å². The molecule has 3 N–H and O–H groups in total. The molecular formula is C12H19N3O4. The average Bonchev–Trinajstić information content (AvgIpc) is 2.72. The maximum Gasteiger partial charge on any atom is 0.315 e. The van der Waals surface area contributed by atoms with Crippen LogP contribution in [0.25, 0.3) is 0 Å². The number of urea groups is 1. The number of nitrogens with zero attached hydrogens (tertiary/aromatic N) is 1. The van der Waals surface area contributed by atoms with Crippen LogP contribution in [0.3, 0.4) is 0 Å². The SMILES string of the molecule is Cc1cnc(CNC(=O)NC(C)CCCC(=O)O)o1. The molecule has 1 rings (SSSR count). The molecule has 0 saturated carbocycles. The van der Waals surface area contributed by atoms with Gasteiger partial charge < -0.3 is 20.2 Å². The predicted octanol–water partition coefficient (Wildman–Crippen LogP) is 1.43. The van der Waals surface area contributed by atoms with Crippen LogP contribution in [-0.4, -0.2) is 28.1 Å². The van der Waals surface area contributed by atoms with Crippen LogP contribution in [0.5, 0.6) is 0 Å². The van der Waals surface area contributed by atoms with E-state index in [0.717, 1.165) is 0 Å². The molecule has 1 heterocycles. The molecule has 2 amide bonds. The molecule has 0 aliphatic heterocycles. The minimum atomic E-state index is -0.823. The second-order valence-corrected chi connectivity index (χ2v) is 4.38. The normalized spacial score (nSPS) is 11.9. The Morgan fingerprint density at radius 3 is 2.84 bits per heavy atom. The second-order valence-electron chi connectivity index (χ2n) is 4.38. The van der Waals surface area contributed by atoms with Crippen molar-refractivity contribution in [1.29, 1.82) is 0 Å². The Hall–Kier alpha value is -2.05. The van der Waals surface area contributed by atoms with E-state index in [1.54, 1.807) is 13.1 Å². The summed E-state index contributed by atoms with van der Waals surface area (Å²) in [5.74, 6) is 0.321. The molecule has 7 nitrogen and oxygen atoms in total. The molecule has 106 valence electrons. The van der Waals surface area contributed by atoms with E-state index in [2.05, 4.69) is 15.6 Å². The predicted molar refractivity (Wildman–Crippen MR) is 67.6 cm³/mol. The Kier molecular flexibility index (Phi) is 5.84. The lowest BCUT2D eigenvalue weighted by Gasteiger charge is -2.13. The van der Waals surface area contributed by atoms with E-state index >= 15 is 0 Å². The third-order valence-corrected chi connectivity index (χ3v) is 2.47. The van der Waals surface area contributed by atoms with Crippen molar-refractivity contribution in [2.75, 3.05) is 0 Å². The Morgan fingerprint density at radius 2 is 2.26 bits per heavy atom. The van der Waals surface area contributed by atoms with Crippen molar-refractivity contribution in [2.45, 2.75) is 45.7 Å². The van der Waals surface area contributed by atoms with Gasteiger partial charge in [0.25, 0.3) is 0 Å². The Balaban J connectivity index is 2.17. The highest BCUT2D eigenvalue weighted by Gasteiger charge is 2.09. The molecular weight excluding hydrogens is 250 g/mol. The lowest BCUT2D eigenvalue weighted by Crippen LogP contribution is -2.40. The van der Waals surface area contributed by atoms with Crippen LogP contribution in [0.1, 0.15) is 37.8 Å². The molecule has 19 heavy (non-hydrogen) atoms. The molecule has 7 heteroatoms. The largest absolute Gasteiger partial charge is 0.481 e. The van der Waals surface area contributed by atoms with Gasteiger partial charge in [-0.1, -0.05) is 0 Å². The third kappa shape index (κ3) is 6.44. The van der Waals surface area contributed by atoms with Crippen molar-refractivity contribution in [3.8, 4) is 0 Å². The summed E-state index contributed by atoms with van der Waals surface area (Å²) in [6.07, 6.45) is 2.86. The number of carboxylic acid groups (broad SMARTS) is 1. The van der Waals surface area contributed by atoms with Gasteiger partial charge in [-0.25, -0.2) is 9.78 Å². The van der Waals surface area contributed by atoms with Gasteiger partial charge in [0.15, 0.2) is 0 Å². The number of amides is 2. The third-order valence-electron chi connectivity index (χ3n) is 2.47. The lowest BCUT2D eigenvalue weighted by atomic mass is 10.1. The van der Waals surface area contributed by atoms with Crippen LogP contribution in [-0.2, 0) is 11.3 Å². The van der Waals surface area contributed by atoms with Gasteiger partial charge in [0.2, 0.25) is 5.89 Å². The van der Waals surface area contributed by atoms with E-state index in [0.29, 0.717) is 24.5 Å². The topological polar surface area (TPSA) is 104 Å². The first-order valence-corrected chi connectivity index (χ1v) is 6.15. The fourth-order valence-electron chi connectivity index (χ4n) is 1.55. The van der Waals surface area contributed by atoms with E-state index < -0.39 is 5.97 Å². The first-order valence-electron chi connectivity index (χ1n) is 6.15. The van der Waals surface area contributed by atoms with Crippen LogP contribution in [0.15, 0.2) is 10.6 Å². The molecule has 0 aromatic carbocycles. The molecule has 1 unspecified atom stereocenters. The smallest absolute Gasteiger partial charge is 0.315 e. The molecule has 0 saturated heterocycles. The van der Waals surface area contributed by atoms with Gasteiger partial charge in [-0.05, 0) is 26.7 Å². The average molecular weight is 269 g/mol. The molecule has 1 aromatic rings. The van der Waals surface area contributed by atoms with Crippen LogP contribution in [0.2, 0.25) is 0 Å². The molecule has 0 aliphatic rings. The Morgan fingerprint density at radius 1 is 1.53 bits per heavy atom. The maximum absolute atomic E-state index is 11.5. The number of aryl methyl sites for hydroxylation is 1. The van der Waals surface area contributed by atoms with Gasteiger partial charge in [-0.15, -0.1) is 0 Å². The van der Waals surface area contributed by atoms with Crippen molar-refractivity contribution < 1.29 is 19.1 Å². The van der Waals surface area contributed by atoms with Crippen molar-refractivity contribution in [3.63, 3.8) is 0 Å². The molecule has 0 spiro atoms. The maximum atomic E-state index is 11.5. The molecule has 1 aromatic heterocycles. The number of carboxylic acids is 1. The monoisotopic (exact) mass is 269 g/mol. The number of oxazole rings is 1. The van der Waals surface area contributed by atoms with Crippen molar-refractivity contribution >= 4 is 12.0 Å². The highest BCUT2D eigenvalue weighted by atomic mass is 16.4. The number of carbonyl (C=O) groups is 2. The zero-order valence-electron chi connectivity index (χ0n) is 11.1. The number of aliphatic carboxylic acids is 1. The summed E-state index contributed by atoms with van der Waals surface area (Å²) in [7, 11) is 0. The molecule has 0 radical (unpaired) electrons. The minimum Gasteiger partial charge on any atom is -0.481 e. The zero-order chi connectivity index (χ0) is 14.3. The van der Waals surface area contributed by atoms with Crippen molar-refractivity contribution in [2.24, 2.45) is 0 Å². The number of hydrogen-bond donors (Lipinski definition) is 3. The van der Waals surface area contributed by atoms with Gasteiger partial charge in [-0.2, -0.15) is 0 Å². The summed E-state index contributed by atoms with van der Waals surface area (Å²) in [6, 6.07) is -0.399. The first-order chi connectivity index (χ1) is 8.97. The fourth-order valence-corrected chi connectivity index (χ4v) is 1.55. The molecule has 1 atom stereocenters. The summed E-state index contributed by atoms with van der Waals surface area (Å²) in [4.78, 5) is 25.8. The van der Waals surface area contributed by atoms with Crippen LogP contribution in [0, 0.1) is 6.92 Å². The number of carbonyl (C=O) groups excluding carboxylic acids is 1. The lowest BCUT2D eigenvalue weighted by molar-refractivity contribution is -0.137. The van der Waals surface area contributed by atoms with Crippen LogP contribution >= 0.6 is 0 Å². The summed E-state index contributed by atoms with van der Waals surface area (Å²) in [5, 5.41) is 13.8. The number of rotatable bonds is 7. The summed E-state index contributed by atoms with van der Waals surface area (Å²) in [5.41, 5.74) is 0. The highest BCUT2D eigenvalue weighted by molar-refractivity contribution is 5.74. The molecule has 0 fully saturated rings. The highest BCUT2D eigenvalue weighted by Crippen LogP contribution is 2.02. The Bertz CT molecular complexity index is 430. The van der Waals surface area contributed by atoms with E-state index in [9.17, 15) is 9.59 Å². The van der Waals surface area contributed by atoms with E-state index in [4.69, 9.17) is 9.52 Å². The quantitative estimate of drug-likeness (QED) is 0.694. The molecule has 0 bridgehead atoms. The summed E-state index contributed by atoms with van der Waals surface area (Å²) >= 11 is 0. The number of nitrogens with one attached hydrogen (secondary N) is 2. The standard InChI is InChI=1S/C12H19N3O4/c1-8(4-3-5-11(16)17)15-12(18)14-7-10-13-6-9(2)19-10/h6,8H,3-5,7H2,1-2H3,(H,16,17)(H2,14,15,18). The molecule has 0 aliphatic carbocycles. The second kappa shape index (κ2) is 7.40. The van der Waals surface area contributed by atoms with Gasteiger partial charge in [0, 0.05) is 12.5 Å². The van der Waals surface area contributed by atoms with E-state index in [1.807, 2.05) is 6.92 Å². The summed E-state index contributed by atoms with van der Waals surface area (Å²) < 4.78 is 5.21. The minimum absolute atomic E-state index is 0.0781. The fraction of sp³-hybridized carbons (Fsp3) is 0.583. The Labute approximate surface area is 111 Å². The van der Waals surface area contributed by atoms with Gasteiger partial charge in [-0.3, -0.25) is 4.79 Å². The van der Waals surface area contributed by atoms with E-state index in [1.165, 1.54) is 0 Å². The van der Waals surface area contributed by atoms with Gasteiger partial charge in [0.1, 0.15) is 5.76 Å². The summed E-state index contributed by atoms with van der Waals surface area (Å²) in [6.45, 7) is 3.83. The van der Waals surface area contributed by atoms with E-state index in [-0.39, 0.29) is 25.0 Å². The van der Waals surface area contributed by atoms with Crippen LogP contribution in [0.4, 0.5) is 4.79 Å². The zero-order valence-corrected chi connectivity index (χ0v) is 11.1. The van der Waals surface area contributed by atoms with Gasteiger partial charge >= 0.3 is 12.0 Å². The number of hydrogen-bond acceptors (Lipinski definition) is 4. The van der Waals surface area contributed by atoms with Crippen LogP contribution < -0.4 is 10.6 Å². The number of aromatic nitrogens is 1.